The largest absolute Gasteiger partial charge is 0.573 e. The first-order valence-electron chi connectivity index (χ1n) is 12.4. The number of hydrogen-bond donors (Lipinski definition) is 0. The minimum absolute atomic E-state index is 0.0220. The number of methoxy groups -OCH3 is 1. The van der Waals surface area contributed by atoms with Gasteiger partial charge in [-0.25, -0.2) is 0 Å². The molecule has 1 heterocycles. The molecule has 0 bridgehead atoms. The minimum Gasteiger partial charge on any atom is -0.493 e. The molecule has 0 aliphatic rings. The van der Waals surface area contributed by atoms with Gasteiger partial charge in [0.2, 0.25) is 0 Å². The lowest BCUT2D eigenvalue weighted by atomic mass is 10.0. The third-order valence-corrected chi connectivity index (χ3v) is 6.92. The highest BCUT2D eigenvalue weighted by Gasteiger charge is 2.32. The lowest BCUT2D eigenvalue weighted by molar-refractivity contribution is -0.274. The summed E-state index contributed by atoms with van der Waals surface area (Å²) in [5.41, 5.74) is 3.05. The molecule has 0 saturated carbocycles. The number of benzene rings is 2. The van der Waals surface area contributed by atoms with Crippen LogP contribution in [0.2, 0.25) is 0 Å². The minimum atomic E-state index is -4.88. The number of Topliss-reactive ketones (excluding diaryl/α,β-unsaturated/α-hetero) is 1. The first-order chi connectivity index (χ1) is 18.4. The van der Waals surface area contributed by atoms with Crippen LogP contribution in [0.15, 0.2) is 47.8 Å². The first-order valence-corrected chi connectivity index (χ1v) is 13.2. The summed E-state index contributed by atoms with van der Waals surface area (Å²) in [7, 11) is 1.36. The maximum Gasteiger partial charge on any atom is 0.573 e. The lowest BCUT2D eigenvalue weighted by Crippen LogP contribution is -2.19. The van der Waals surface area contributed by atoms with Gasteiger partial charge in [-0.15, -0.1) is 24.5 Å². The zero-order valence-corrected chi connectivity index (χ0v) is 23.0. The number of carbonyl (C=O) groups is 2. The highest BCUT2D eigenvalue weighted by molar-refractivity contribution is 7.10. The number of aryl methyl sites for hydroxylation is 3. The maximum atomic E-state index is 13.0. The summed E-state index contributed by atoms with van der Waals surface area (Å²) in [5.74, 6) is -0.274. The first kappa shape index (κ1) is 30.0. The van der Waals surface area contributed by atoms with E-state index >= 15 is 0 Å². The van der Waals surface area contributed by atoms with Gasteiger partial charge in [-0.2, -0.15) is 0 Å². The Labute approximate surface area is 229 Å². The number of esters is 1. The van der Waals surface area contributed by atoms with Crippen LogP contribution in [0.5, 0.6) is 17.2 Å². The predicted octanol–water partition coefficient (Wildman–Crippen LogP) is 7.03. The van der Waals surface area contributed by atoms with Gasteiger partial charge in [0.1, 0.15) is 17.2 Å². The van der Waals surface area contributed by atoms with E-state index in [-0.39, 0.29) is 29.5 Å². The van der Waals surface area contributed by atoms with Crippen molar-refractivity contribution in [1.82, 2.24) is 0 Å². The second-order valence-corrected chi connectivity index (χ2v) is 10.1. The van der Waals surface area contributed by atoms with Crippen LogP contribution in [-0.4, -0.2) is 37.9 Å². The fourth-order valence-electron chi connectivity index (χ4n) is 3.86. The molecule has 39 heavy (non-hydrogen) atoms. The Kier molecular flexibility index (Phi) is 10.4. The number of halogens is 3. The van der Waals surface area contributed by atoms with Crippen LogP contribution < -0.4 is 14.2 Å². The Morgan fingerprint density at radius 2 is 1.77 bits per heavy atom. The molecule has 3 rings (SSSR count). The number of thiophene rings is 1. The molecule has 1 atom stereocenters. The van der Waals surface area contributed by atoms with Gasteiger partial charge in [0, 0.05) is 24.1 Å². The third kappa shape index (κ3) is 9.62. The van der Waals surface area contributed by atoms with Crippen LogP contribution >= 0.6 is 11.3 Å². The van der Waals surface area contributed by atoms with Gasteiger partial charge in [-0.3, -0.25) is 9.59 Å². The molecule has 210 valence electrons. The molecular weight excluding hydrogens is 533 g/mol. The maximum absolute atomic E-state index is 13.0. The van der Waals surface area contributed by atoms with E-state index in [1.54, 1.807) is 6.92 Å². The van der Waals surface area contributed by atoms with Gasteiger partial charge in [-0.1, -0.05) is 6.07 Å². The summed E-state index contributed by atoms with van der Waals surface area (Å²) in [6.07, 6.45) is -3.90. The molecule has 1 unspecified atom stereocenters. The summed E-state index contributed by atoms with van der Waals surface area (Å²) in [5, 5.41) is 1.91. The Bertz CT molecular complexity index is 1280. The van der Waals surface area contributed by atoms with E-state index in [1.165, 1.54) is 24.5 Å². The van der Waals surface area contributed by atoms with E-state index < -0.39 is 18.2 Å². The van der Waals surface area contributed by atoms with Crippen molar-refractivity contribution >= 4 is 23.1 Å². The van der Waals surface area contributed by atoms with Crippen molar-refractivity contribution in [3.8, 4) is 17.2 Å². The van der Waals surface area contributed by atoms with Crippen molar-refractivity contribution in [2.75, 3.05) is 13.7 Å². The van der Waals surface area contributed by atoms with Gasteiger partial charge >= 0.3 is 12.3 Å². The van der Waals surface area contributed by atoms with Gasteiger partial charge < -0.3 is 18.9 Å². The summed E-state index contributed by atoms with van der Waals surface area (Å²) in [6.45, 7) is 5.95. The Morgan fingerprint density at radius 3 is 2.41 bits per heavy atom. The summed E-state index contributed by atoms with van der Waals surface area (Å²) in [6, 6.07) is 11.0. The standard InChI is InChI=1S/C29H31F3O6S/c1-18-13-24(39-17-18)16-26(33)25-15-23(38-29(30,31)32)8-9-27(25)37-20(3)11-12-36-22-7-5-21(19(2)14-22)6-10-28(34)35-4/h5,7-9,13-15,17,20H,6,10-12,16H2,1-4H3. The summed E-state index contributed by atoms with van der Waals surface area (Å²) < 4.78 is 58.8. The predicted molar refractivity (Wildman–Crippen MR) is 142 cm³/mol. The Balaban J connectivity index is 1.63. The molecular formula is C29H31F3O6S. The van der Waals surface area contributed by atoms with Crippen LogP contribution in [0, 0.1) is 13.8 Å². The summed E-state index contributed by atoms with van der Waals surface area (Å²) >= 11 is 1.41. The zero-order chi connectivity index (χ0) is 28.6. The molecule has 0 radical (unpaired) electrons. The molecule has 0 N–H and O–H groups in total. The fraction of sp³-hybridized carbons (Fsp3) is 0.379. The fourth-order valence-corrected chi connectivity index (χ4v) is 4.73. The molecule has 0 amide bonds. The SMILES string of the molecule is COC(=O)CCc1ccc(OCCC(C)Oc2ccc(OC(F)(F)F)cc2C(=O)Cc2cc(C)cs2)cc1C. The average molecular weight is 565 g/mol. The van der Waals surface area contributed by atoms with Crippen molar-refractivity contribution in [1.29, 1.82) is 0 Å². The van der Waals surface area contributed by atoms with Crippen LogP contribution in [0.4, 0.5) is 13.2 Å². The quantitative estimate of drug-likeness (QED) is 0.164. The van der Waals surface area contributed by atoms with Gasteiger partial charge in [0.05, 0.1) is 25.4 Å². The van der Waals surface area contributed by atoms with E-state index in [1.807, 2.05) is 43.5 Å². The number of ketones is 1. The topological polar surface area (TPSA) is 71.1 Å². The smallest absolute Gasteiger partial charge is 0.493 e. The van der Waals surface area contributed by atoms with Gasteiger partial charge in [0.15, 0.2) is 5.78 Å². The monoisotopic (exact) mass is 564 g/mol. The van der Waals surface area contributed by atoms with E-state index in [4.69, 9.17) is 9.47 Å². The number of alkyl halides is 3. The summed E-state index contributed by atoms with van der Waals surface area (Å²) in [4.78, 5) is 25.2. The molecule has 0 saturated heterocycles. The highest BCUT2D eigenvalue weighted by atomic mass is 32.1. The van der Waals surface area contributed by atoms with Crippen LogP contribution in [0.1, 0.15) is 51.7 Å². The molecule has 6 nitrogen and oxygen atoms in total. The molecule has 2 aromatic carbocycles. The van der Waals surface area contributed by atoms with Crippen molar-refractivity contribution in [2.24, 2.45) is 0 Å². The van der Waals surface area contributed by atoms with E-state index in [0.29, 0.717) is 31.6 Å². The van der Waals surface area contributed by atoms with Crippen molar-refractivity contribution in [3.05, 3.63) is 75.0 Å². The highest BCUT2D eigenvalue weighted by Crippen LogP contribution is 2.31. The molecule has 1 aromatic heterocycles. The van der Waals surface area contributed by atoms with Crippen molar-refractivity contribution in [3.63, 3.8) is 0 Å². The number of rotatable bonds is 13. The number of hydrogen-bond acceptors (Lipinski definition) is 7. The van der Waals surface area contributed by atoms with E-state index in [2.05, 4.69) is 9.47 Å². The molecule has 0 aliphatic carbocycles. The normalized spacial score (nSPS) is 12.1. The molecule has 0 aliphatic heterocycles. The van der Waals surface area contributed by atoms with E-state index in [9.17, 15) is 22.8 Å². The molecule has 0 spiro atoms. The van der Waals surface area contributed by atoms with E-state index in [0.717, 1.165) is 33.7 Å². The zero-order valence-electron chi connectivity index (χ0n) is 22.2. The molecule has 0 fully saturated rings. The van der Waals surface area contributed by atoms with Crippen LogP contribution in [0.25, 0.3) is 0 Å². The van der Waals surface area contributed by atoms with Gasteiger partial charge in [-0.05, 0) is 85.7 Å². The lowest BCUT2D eigenvalue weighted by Gasteiger charge is -2.19. The number of carbonyl (C=O) groups excluding carboxylic acids is 2. The number of ether oxygens (including phenoxy) is 4. The Hall–Kier alpha value is -3.53. The second-order valence-electron chi connectivity index (χ2n) is 9.13. The molecule has 10 heteroatoms. The van der Waals surface area contributed by atoms with Crippen LogP contribution in [-0.2, 0) is 22.4 Å². The average Bonchev–Trinajstić information content (AvgIpc) is 3.27. The van der Waals surface area contributed by atoms with Gasteiger partial charge in [0.25, 0.3) is 0 Å². The molecule has 3 aromatic rings. The van der Waals surface area contributed by atoms with Crippen molar-refractivity contribution in [2.45, 2.75) is 58.9 Å². The van der Waals surface area contributed by atoms with Crippen molar-refractivity contribution < 1.29 is 41.7 Å². The Morgan fingerprint density at radius 1 is 1.03 bits per heavy atom. The third-order valence-electron chi connectivity index (χ3n) is 5.87. The van der Waals surface area contributed by atoms with Crippen LogP contribution in [0.3, 0.4) is 0 Å². The second kappa shape index (κ2) is 13.5.